The van der Waals surface area contributed by atoms with Crippen LogP contribution in [-0.2, 0) is 33.2 Å². The lowest BCUT2D eigenvalue weighted by Gasteiger charge is -2.46. The molecule has 2 saturated heterocycles. The van der Waals surface area contributed by atoms with Gasteiger partial charge in [0.15, 0.2) is 16.7 Å². The molecular weight excluding hydrogens is 501 g/mol. The maximum Gasteiger partial charge on any atom is 0.414 e. The minimum atomic E-state index is -1.41. The Kier molecular flexibility index (Phi) is 9.79. The normalized spacial score (nSPS) is 28.7. The first-order valence-corrected chi connectivity index (χ1v) is 12.4. The number of alkyl carbamates (subject to hydrolysis) is 1. The zero-order valence-electron chi connectivity index (χ0n) is 20.3. The van der Waals surface area contributed by atoms with Gasteiger partial charge in [-0.15, -0.1) is 0 Å². The highest BCUT2D eigenvalue weighted by molar-refractivity contribution is 6.53. The minimum absolute atomic E-state index is 0.0633. The third-order valence-electron chi connectivity index (χ3n) is 6.11. The summed E-state index contributed by atoms with van der Waals surface area (Å²) in [6, 6.07) is 10.2. The van der Waals surface area contributed by atoms with Gasteiger partial charge in [-0.3, -0.25) is 10.1 Å². The lowest BCUT2D eigenvalue weighted by molar-refractivity contribution is -0.347. The Hall–Kier alpha value is -1.46. The summed E-state index contributed by atoms with van der Waals surface area (Å²) in [6.45, 7) is 6.12. The highest BCUT2D eigenvalue weighted by Gasteiger charge is 2.60. The molecule has 1 aromatic carbocycles. The molecule has 196 valence electrons. The second-order valence-electron chi connectivity index (χ2n) is 8.94. The summed E-state index contributed by atoms with van der Waals surface area (Å²) in [5.41, 5.74) is 1.23. The van der Waals surface area contributed by atoms with Crippen molar-refractivity contribution in [3.63, 3.8) is 0 Å². The van der Waals surface area contributed by atoms with Crippen LogP contribution >= 0.6 is 23.2 Å². The maximum atomic E-state index is 12.2. The van der Waals surface area contributed by atoms with Crippen LogP contribution in [0.2, 0.25) is 0 Å². The number of hydrogen-bond donors (Lipinski definition) is 1. The zero-order chi connectivity index (χ0) is 25.6. The van der Waals surface area contributed by atoms with E-state index in [-0.39, 0.29) is 13.2 Å². The third kappa shape index (κ3) is 7.07. The van der Waals surface area contributed by atoms with Crippen molar-refractivity contribution in [3.8, 4) is 0 Å². The van der Waals surface area contributed by atoms with Crippen LogP contribution in [-0.4, -0.2) is 73.7 Å². The lowest BCUT2D eigenvalue weighted by Crippen LogP contribution is -2.65. The van der Waals surface area contributed by atoms with Gasteiger partial charge in [0.1, 0.15) is 18.8 Å². The van der Waals surface area contributed by atoms with E-state index < -0.39 is 46.7 Å². The fourth-order valence-corrected chi connectivity index (χ4v) is 4.50. The van der Waals surface area contributed by atoms with E-state index >= 15 is 0 Å². The molecule has 35 heavy (non-hydrogen) atoms. The van der Waals surface area contributed by atoms with Crippen molar-refractivity contribution in [1.29, 1.82) is 0 Å². The van der Waals surface area contributed by atoms with Crippen molar-refractivity contribution in [1.82, 2.24) is 5.32 Å². The van der Waals surface area contributed by atoms with Gasteiger partial charge in [-0.1, -0.05) is 60.5 Å². The number of methoxy groups -OCH3 is 1. The predicted octanol–water partition coefficient (Wildman–Crippen LogP) is 3.91. The Morgan fingerprint density at radius 2 is 1.91 bits per heavy atom. The van der Waals surface area contributed by atoms with Crippen LogP contribution in [0.3, 0.4) is 0 Å². The Bertz CT molecular complexity index is 855. The molecule has 3 rings (SSSR count). The second-order valence-corrected chi connectivity index (χ2v) is 10.0. The number of carbonyl (C=O) groups is 2. The Balaban J connectivity index is 1.73. The molecule has 0 bridgehead atoms. The van der Waals surface area contributed by atoms with Crippen molar-refractivity contribution in [2.75, 3.05) is 26.9 Å². The number of benzene rings is 1. The van der Waals surface area contributed by atoms with Crippen LogP contribution in [0.4, 0.5) is 4.79 Å². The third-order valence-corrected chi connectivity index (χ3v) is 6.51. The molecule has 0 radical (unpaired) electrons. The molecule has 2 amide bonds. The Morgan fingerprint density at radius 1 is 1.20 bits per heavy atom. The van der Waals surface area contributed by atoms with Gasteiger partial charge in [-0.25, -0.2) is 4.79 Å². The average molecular weight is 534 g/mol. The number of carbonyl (C=O) groups excluding carboxylic acids is 2. The molecule has 11 heteroatoms. The van der Waals surface area contributed by atoms with Gasteiger partial charge >= 0.3 is 6.09 Å². The van der Waals surface area contributed by atoms with Crippen molar-refractivity contribution in [3.05, 3.63) is 35.9 Å². The van der Waals surface area contributed by atoms with E-state index in [4.69, 9.17) is 51.6 Å². The summed E-state index contributed by atoms with van der Waals surface area (Å²) in [7, 11) is 1.48. The summed E-state index contributed by atoms with van der Waals surface area (Å²) in [6.07, 6.45) is -1.76. The molecule has 1 aromatic rings. The summed E-state index contributed by atoms with van der Waals surface area (Å²) in [5, 5.41) is 1.97. The minimum Gasteiger partial charge on any atom is -0.441 e. The lowest BCUT2D eigenvalue weighted by atomic mass is 9.93. The van der Waals surface area contributed by atoms with Gasteiger partial charge in [0.25, 0.3) is 5.91 Å². The van der Waals surface area contributed by atoms with E-state index in [1.807, 2.05) is 23.5 Å². The first kappa shape index (κ1) is 28.1. The maximum absolute atomic E-state index is 12.2. The van der Waals surface area contributed by atoms with Gasteiger partial charge in [-0.2, -0.15) is 0 Å². The van der Waals surface area contributed by atoms with Crippen LogP contribution < -0.4 is 5.32 Å². The zero-order valence-corrected chi connectivity index (χ0v) is 21.8. The van der Waals surface area contributed by atoms with E-state index in [1.54, 1.807) is 13.8 Å². The summed E-state index contributed by atoms with van der Waals surface area (Å²) in [4.78, 5) is 22.5. The molecule has 2 fully saturated rings. The van der Waals surface area contributed by atoms with Crippen molar-refractivity contribution in [2.45, 2.75) is 74.3 Å². The number of amides is 2. The highest BCUT2D eigenvalue weighted by Crippen LogP contribution is 2.41. The largest absolute Gasteiger partial charge is 0.441 e. The summed E-state index contributed by atoms with van der Waals surface area (Å²) < 4.78 is 35.4. The molecule has 1 spiro atoms. The van der Waals surface area contributed by atoms with Gasteiger partial charge in [0, 0.05) is 13.7 Å². The number of nitrogens with one attached hydrogen (secondary N) is 1. The van der Waals surface area contributed by atoms with Gasteiger partial charge in [0.05, 0.1) is 6.61 Å². The topological polar surface area (TPSA) is 102 Å². The van der Waals surface area contributed by atoms with Crippen LogP contribution in [0, 0.1) is 0 Å². The molecular formula is C24H33Cl2NO8. The smallest absolute Gasteiger partial charge is 0.414 e. The Labute approximate surface area is 215 Å². The molecule has 2 aliphatic rings. The Morgan fingerprint density at radius 3 is 2.49 bits per heavy atom. The number of hydrogen-bond acceptors (Lipinski definition) is 8. The first-order valence-electron chi connectivity index (χ1n) is 11.6. The molecule has 2 heterocycles. The van der Waals surface area contributed by atoms with E-state index in [1.165, 1.54) is 12.7 Å². The van der Waals surface area contributed by atoms with E-state index in [0.717, 1.165) is 12.8 Å². The van der Waals surface area contributed by atoms with Crippen molar-refractivity contribution < 1.29 is 38.0 Å². The van der Waals surface area contributed by atoms with Crippen LogP contribution in [0.5, 0.6) is 0 Å². The quantitative estimate of drug-likeness (QED) is 0.476. The predicted molar refractivity (Wildman–Crippen MR) is 128 cm³/mol. The average Bonchev–Trinajstić information content (AvgIpc) is 3.14. The van der Waals surface area contributed by atoms with E-state index in [9.17, 15) is 9.59 Å². The van der Waals surface area contributed by atoms with Gasteiger partial charge < -0.3 is 28.4 Å². The van der Waals surface area contributed by atoms with E-state index in [2.05, 4.69) is 19.1 Å². The highest BCUT2D eigenvalue weighted by atomic mass is 35.5. The molecule has 9 nitrogen and oxygen atoms in total. The number of halogens is 2. The fourth-order valence-electron chi connectivity index (χ4n) is 4.40. The van der Waals surface area contributed by atoms with Crippen LogP contribution in [0.1, 0.15) is 45.1 Å². The second kappa shape index (κ2) is 12.2. The molecule has 2 aliphatic heterocycles. The summed E-state index contributed by atoms with van der Waals surface area (Å²) in [5.74, 6) is -2.74. The number of ether oxygens (including phenoxy) is 6. The fraction of sp³-hybridized carbons (Fsp3) is 0.667. The van der Waals surface area contributed by atoms with Crippen molar-refractivity contribution >= 4 is 35.2 Å². The monoisotopic (exact) mass is 533 g/mol. The molecule has 0 aromatic heterocycles. The van der Waals surface area contributed by atoms with Gasteiger partial charge in [0.2, 0.25) is 5.79 Å². The number of alkyl halides is 2. The first-order chi connectivity index (χ1) is 16.6. The molecule has 5 atom stereocenters. The van der Waals surface area contributed by atoms with E-state index in [0.29, 0.717) is 12.5 Å². The molecule has 1 N–H and O–H groups in total. The SMILES string of the molecule is CCC(CCO[C@@H]1[C@H](OC)[C@H](OC(=O)NC(=O)C(Cl)Cl)CO[C@]12COC(C)(C)O2)c1ccccc1. The molecule has 0 saturated carbocycles. The number of rotatable bonds is 9. The summed E-state index contributed by atoms with van der Waals surface area (Å²) >= 11 is 11.0. The number of imide groups is 1. The van der Waals surface area contributed by atoms with Crippen LogP contribution in [0.25, 0.3) is 0 Å². The molecule has 1 unspecified atom stereocenters. The van der Waals surface area contributed by atoms with Gasteiger partial charge in [-0.05, 0) is 38.2 Å². The van der Waals surface area contributed by atoms with Crippen molar-refractivity contribution in [2.24, 2.45) is 0 Å². The van der Waals surface area contributed by atoms with Crippen LogP contribution in [0.15, 0.2) is 30.3 Å². The molecule has 0 aliphatic carbocycles. The standard InChI is InChI=1S/C24H33Cl2NO8/c1-5-15(16-9-7-6-8-10-16)11-12-31-19-18(30-4)17(34-22(29)27-21(28)20(25)26)13-32-24(19)14-33-23(2,3)35-24/h6-10,15,17-20H,5,11-14H2,1-4H3,(H,27,28,29)/t15?,17-,18-,19-,24+/m1/s1.